The molecule has 1 aromatic heterocycles. The highest BCUT2D eigenvalue weighted by Crippen LogP contribution is 2.30. The van der Waals surface area contributed by atoms with Gasteiger partial charge in [-0.3, -0.25) is 0 Å². The Hall–Kier alpha value is -1.53. The van der Waals surface area contributed by atoms with Gasteiger partial charge < -0.3 is 10.6 Å². The van der Waals surface area contributed by atoms with Crippen LogP contribution >= 0.6 is 0 Å². The highest BCUT2D eigenvalue weighted by molar-refractivity contribution is 5.43. The Bertz CT molecular complexity index is 421. The quantitative estimate of drug-likeness (QED) is 0.799. The molecule has 2 N–H and O–H groups in total. The van der Waals surface area contributed by atoms with Crippen molar-refractivity contribution in [3.8, 4) is 0 Å². The van der Waals surface area contributed by atoms with Crippen LogP contribution in [-0.4, -0.2) is 22.6 Å². The van der Waals surface area contributed by atoms with Crippen molar-refractivity contribution in [1.29, 1.82) is 0 Å². The molecule has 1 heterocycles. The fraction of sp³-hybridized carbons (Fsp3) is 0.692. The lowest BCUT2D eigenvalue weighted by Crippen LogP contribution is -2.21. The first kappa shape index (κ1) is 16.5. The van der Waals surface area contributed by atoms with Crippen LogP contribution in [0.2, 0.25) is 0 Å². The fourth-order valence-corrected chi connectivity index (χ4v) is 1.84. The number of alkyl halides is 3. The lowest BCUT2D eigenvalue weighted by atomic mass is 10.1. The molecule has 0 fully saturated rings. The number of rotatable bonds is 7. The van der Waals surface area contributed by atoms with Gasteiger partial charge in [0.2, 0.25) is 5.95 Å². The molecule has 1 rings (SSSR count). The lowest BCUT2D eigenvalue weighted by Gasteiger charge is -2.18. The van der Waals surface area contributed by atoms with E-state index in [-0.39, 0.29) is 17.8 Å². The van der Waals surface area contributed by atoms with Crippen LogP contribution in [0.1, 0.15) is 45.7 Å². The maximum Gasteiger partial charge on any atom is 0.433 e. The van der Waals surface area contributed by atoms with Gasteiger partial charge in [0.1, 0.15) is 5.82 Å². The molecule has 1 atom stereocenters. The van der Waals surface area contributed by atoms with Gasteiger partial charge in [-0.05, 0) is 19.8 Å². The third-order valence-electron chi connectivity index (χ3n) is 2.83. The first-order valence-electron chi connectivity index (χ1n) is 6.87. The van der Waals surface area contributed by atoms with E-state index in [0.29, 0.717) is 6.54 Å². The van der Waals surface area contributed by atoms with Crippen molar-refractivity contribution in [2.24, 2.45) is 0 Å². The SMILES string of the molecule is CCCC(CC)Nc1cc(C(F)(F)F)nc(NCC)n1. The molecule has 1 unspecified atom stereocenters. The monoisotopic (exact) mass is 290 g/mol. The number of nitrogens with zero attached hydrogens (tertiary/aromatic N) is 2. The van der Waals surface area contributed by atoms with Crippen molar-refractivity contribution >= 4 is 11.8 Å². The molecule has 0 amide bonds. The van der Waals surface area contributed by atoms with Gasteiger partial charge in [-0.25, -0.2) is 4.98 Å². The largest absolute Gasteiger partial charge is 0.433 e. The van der Waals surface area contributed by atoms with Crippen molar-refractivity contribution in [1.82, 2.24) is 9.97 Å². The average molecular weight is 290 g/mol. The Labute approximate surface area is 117 Å². The summed E-state index contributed by atoms with van der Waals surface area (Å²) in [5.74, 6) is 0.208. The van der Waals surface area contributed by atoms with E-state index in [2.05, 4.69) is 20.6 Å². The third-order valence-corrected chi connectivity index (χ3v) is 2.83. The van der Waals surface area contributed by atoms with Gasteiger partial charge in [0, 0.05) is 18.7 Å². The number of hydrogen-bond donors (Lipinski definition) is 2. The molecule has 0 saturated carbocycles. The van der Waals surface area contributed by atoms with Crippen LogP contribution < -0.4 is 10.6 Å². The molecule has 0 spiro atoms. The molecule has 0 saturated heterocycles. The zero-order chi connectivity index (χ0) is 15.2. The van der Waals surface area contributed by atoms with Crippen LogP contribution in [0.3, 0.4) is 0 Å². The number of halogens is 3. The smallest absolute Gasteiger partial charge is 0.367 e. The standard InChI is InChI=1S/C13H21F3N4/c1-4-7-9(5-2)18-11-8-10(13(14,15)16)19-12(20-11)17-6-3/h8-9H,4-7H2,1-3H3,(H2,17,18,19,20). The molecule has 0 radical (unpaired) electrons. The Morgan fingerprint density at radius 1 is 1.20 bits per heavy atom. The molecule has 0 aromatic carbocycles. The van der Waals surface area contributed by atoms with Crippen LogP contribution in [0.5, 0.6) is 0 Å². The van der Waals surface area contributed by atoms with E-state index >= 15 is 0 Å². The number of nitrogens with one attached hydrogen (secondary N) is 2. The van der Waals surface area contributed by atoms with Crippen molar-refractivity contribution in [3.63, 3.8) is 0 Å². The van der Waals surface area contributed by atoms with Crippen LogP contribution in [0.15, 0.2) is 6.07 Å². The maximum atomic E-state index is 12.8. The topological polar surface area (TPSA) is 49.8 Å². The van der Waals surface area contributed by atoms with Gasteiger partial charge in [-0.15, -0.1) is 0 Å². The number of hydrogen-bond acceptors (Lipinski definition) is 4. The predicted molar refractivity (Wildman–Crippen MR) is 73.8 cm³/mol. The van der Waals surface area contributed by atoms with Crippen molar-refractivity contribution in [2.45, 2.75) is 52.3 Å². The summed E-state index contributed by atoms with van der Waals surface area (Å²) in [7, 11) is 0. The molecule has 0 bridgehead atoms. The van der Waals surface area contributed by atoms with Crippen molar-refractivity contribution in [2.75, 3.05) is 17.2 Å². The summed E-state index contributed by atoms with van der Waals surface area (Å²) in [6, 6.07) is 1.07. The second-order valence-corrected chi connectivity index (χ2v) is 4.53. The highest BCUT2D eigenvalue weighted by Gasteiger charge is 2.33. The third kappa shape index (κ3) is 4.86. The zero-order valence-electron chi connectivity index (χ0n) is 12.0. The minimum absolute atomic E-state index is 0.00354. The van der Waals surface area contributed by atoms with Gasteiger partial charge >= 0.3 is 6.18 Å². The fourth-order valence-electron chi connectivity index (χ4n) is 1.84. The van der Waals surface area contributed by atoms with Crippen molar-refractivity contribution < 1.29 is 13.2 Å². The average Bonchev–Trinajstić information content (AvgIpc) is 2.37. The predicted octanol–water partition coefficient (Wildman–Crippen LogP) is 3.92. The first-order chi connectivity index (χ1) is 9.40. The van der Waals surface area contributed by atoms with E-state index in [9.17, 15) is 13.2 Å². The Balaban J connectivity index is 3.02. The number of aromatic nitrogens is 2. The second-order valence-electron chi connectivity index (χ2n) is 4.53. The highest BCUT2D eigenvalue weighted by atomic mass is 19.4. The summed E-state index contributed by atoms with van der Waals surface area (Å²) in [5.41, 5.74) is -0.933. The van der Waals surface area contributed by atoms with Crippen LogP contribution in [0.25, 0.3) is 0 Å². The van der Waals surface area contributed by atoms with Gasteiger partial charge in [0.15, 0.2) is 5.69 Å². The van der Waals surface area contributed by atoms with E-state index < -0.39 is 11.9 Å². The van der Waals surface area contributed by atoms with E-state index in [1.165, 1.54) is 0 Å². The Morgan fingerprint density at radius 2 is 1.90 bits per heavy atom. The number of anilines is 2. The van der Waals surface area contributed by atoms with Crippen molar-refractivity contribution in [3.05, 3.63) is 11.8 Å². The Morgan fingerprint density at radius 3 is 2.40 bits per heavy atom. The second kappa shape index (κ2) is 7.31. The summed E-state index contributed by atoms with van der Waals surface area (Å²) in [5, 5.41) is 5.77. The van der Waals surface area contributed by atoms with Crippen LogP contribution in [0, 0.1) is 0 Å². The van der Waals surface area contributed by atoms with Crippen LogP contribution in [-0.2, 0) is 6.18 Å². The molecule has 0 aliphatic carbocycles. The van der Waals surface area contributed by atoms with E-state index in [0.717, 1.165) is 25.3 Å². The molecule has 7 heteroatoms. The molecular weight excluding hydrogens is 269 g/mol. The molecule has 20 heavy (non-hydrogen) atoms. The molecule has 1 aromatic rings. The molecule has 4 nitrogen and oxygen atoms in total. The summed E-state index contributed by atoms with van der Waals surface area (Å²) in [6.45, 7) is 6.27. The van der Waals surface area contributed by atoms with E-state index in [1.807, 2.05) is 13.8 Å². The summed E-state index contributed by atoms with van der Waals surface area (Å²) in [6.07, 6.45) is -1.80. The molecule has 0 aliphatic heterocycles. The normalized spacial score (nSPS) is 13.1. The maximum absolute atomic E-state index is 12.8. The van der Waals surface area contributed by atoms with Gasteiger partial charge in [0.05, 0.1) is 0 Å². The molecule has 114 valence electrons. The van der Waals surface area contributed by atoms with Gasteiger partial charge in [-0.2, -0.15) is 18.2 Å². The minimum Gasteiger partial charge on any atom is -0.367 e. The van der Waals surface area contributed by atoms with E-state index in [4.69, 9.17) is 0 Å². The summed E-state index contributed by atoms with van der Waals surface area (Å²) < 4.78 is 38.4. The van der Waals surface area contributed by atoms with Crippen LogP contribution in [0.4, 0.5) is 24.9 Å². The van der Waals surface area contributed by atoms with Gasteiger partial charge in [0.25, 0.3) is 0 Å². The lowest BCUT2D eigenvalue weighted by molar-refractivity contribution is -0.141. The first-order valence-corrected chi connectivity index (χ1v) is 6.87. The minimum atomic E-state index is -4.48. The summed E-state index contributed by atoms with van der Waals surface area (Å²) in [4.78, 5) is 7.56. The van der Waals surface area contributed by atoms with E-state index in [1.54, 1.807) is 6.92 Å². The summed E-state index contributed by atoms with van der Waals surface area (Å²) >= 11 is 0. The Kier molecular flexibility index (Phi) is 6.04. The molecular formula is C13H21F3N4. The zero-order valence-corrected chi connectivity index (χ0v) is 12.0. The van der Waals surface area contributed by atoms with Gasteiger partial charge in [-0.1, -0.05) is 20.3 Å². The molecule has 0 aliphatic rings.